The minimum absolute atomic E-state index is 0.284. The highest BCUT2D eigenvalue weighted by atomic mass is 32.2. The zero-order valence-electron chi connectivity index (χ0n) is 11.2. The Morgan fingerprint density at radius 1 is 1.50 bits per heavy atom. The van der Waals surface area contributed by atoms with Crippen molar-refractivity contribution in [3.8, 4) is 0 Å². The van der Waals surface area contributed by atoms with Gasteiger partial charge < -0.3 is 11.1 Å². The lowest BCUT2D eigenvalue weighted by atomic mass is 10.0. The maximum Gasteiger partial charge on any atom is 0.122 e. The van der Waals surface area contributed by atoms with Crippen LogP contribution in [0.1, 0.15) is 32.4 Å². The first-order chi connectivity index (χ1) is 8.56. The number of rotatable bonds is 7. The summed E-state index contributed by atoms with van der Waals surface area (Å²) >= 11 is 6.85. The van der Waals surface area contributed by atoms with Gasteiger partial charge in [-0.15, -0.1) is 0 Å². The van der Waals surface area contributed by atoms with Crippen molar-refractivity contribution in [2.75, 3.05) is 18.1 Å². The molecule has 5 heteroatoms. The second kappa shape index (κ2) is 6.95. The van der Waals surface area contributed by atoms with Gasteiger partial charge in [-0.25, -0.2) is 0 Å². The molecule has 0 unspecified atom stereocenters. The van der Waals surface area contributed by atoms with E-state index in [9.17, 15) is 0 Å². The van der Waals surface area contributed by atoms with E-state index in [1.807, 2.05) is 23.9 Å². The minimum atomic E-state index is 0.284. The number of nitrogens with one attached hydrogen (secondary N) is 1. The summed E-state index contributed by atoms with van der Waals surface area (Å²) in [5.41, 5.74) is 7.27. The minimum Gasteiger partial charge on any atom is -0.388 e. The Bertz CT molecular complexity index is 395. The highest BCUT2D eigenvalue weighted by Gasteiger charge is 2.24. The topological polar surface area (TPSA) is 50.9 Å². The van der Waals surface area contributed by atoms with Crippen molar-refractivity contribution in [3.63, 3.8) is 0 Å². The summed E-state index contributed by atoms with van der Waals surface area (Å²) in [7, 11) is 0. The van der Waals surface area contributed by atoms with Crippen molar-refractivity contribution in [2.24, 2.45) is 5.73 Å². The van der Waals surface area contributed by atoms with Crippen molar-refractivity contribution < 1.29 is 0 Å². The van der Waals surface area contributed by atoms with Gasteiger partial charge in [-0.1, -0.05) is 26.1 Å². The largest absolute Gasteiger partial charge is 0.388 e. The summed E-state index contributed by atoms with van der Waals surface area (Å²) in [6.07, 6.45) is 6.19. The van der Waals surface area contributed by atoms with Gasteiger partial charge >= 0.3 is 0 Å². The molecule has 1 aromatic rings. The number of aromatic nitrogens is 1. The summed E-state index contributed by atoms with van der Waals surface area (Å²) in [5, 5.41) is 3.46. The molecule has 0 spiro atoms. The van der Waals surface area contributed by atoms with E-state index >= 15 is 0 Å². The van der Waals surface area contributed by atoms with Gasteiger partial charge in [0.25, 0.3) is 0 Å². The van der Waals surface area contributed by atoms with Gasteiger partial charge in [-0.2, -0.15) is 11.8 Å². The Balaban J connectivity index is 2.73. The zero-order chi connectivity index (χ0) is 13.6. The maximum atomic E-state index is 5.58. The molecule has 0 aromatic carbocycles. The van der Waals surface area contributed by atoms with E-state index in [0.717, 1.165) is 25.1 Å². The van der Waals surface area contributed by atoms with Crippen LogP contribution in [0.5, 0.6) is 0 Å². The molecular weight excluding hydrogens is 262 g/mol. The van der Waals surface area contributed by atoms with Crippen molar-refractivity contribution in [2.45, 2.75) is 31.4 Å². The summed E-state index contributed by atoms with van der Waals surface area (Å²) in [5.74, 6) is 0. The smallest absolute Gasteiger partial charge is 0.122 e. The van der Waals surface area contributed by atoms with E-state index in [4.69, 9.17) is 18.0 Å². The van der Waals surface area contributed by atoms with Gasteiger partial charge in [-0.05, 0) is 31.2 Å². The Morgan fingerprint density at radius 2 is 2.17 bits per heavy atom. The quantitative estimate of drug-likeness (QED) is 0.753. The zero-order valence-corrected chi connectivity index (χ0v) is 12.8. The third kappa shape index (κ3) is 3.85. The first kappa shape index (κ1) is 15.2. The average molecular weight is 283 g/mol. The number of thioether (sulfide) groups is 1. The number of nitrogens with two attached hydrogens (primary N) is 1. The van der Waals surface area contributed by atoms with Crippen LogP contribution in [0.4, 0.5) is 5.69 Å². The second-order valence-electron chi connectivity index (χ2n) is 4.24. The third-order valence-electron chi connectivity index (χ3n) is 3.35. The molecule has 3 N–H and O–H groups in total. The molecule has 18 heavy (non-hydrogen) atoms. The molecule has 0 aliphatic heterocycles. The lowest BCUT2D eigenvalue weighted by molar-refractivity contribution is 0.575. The lowest BCUT2D eigenvalue weighted by Gasteiger charge is -2.30. The van der Waals surface area contributed by atoms with Crippen molar-refractivity contribution in [1.29, 1.82) is 0 Å². The molecule has 0 radical (unpaired) electrons. The number of pyridine rings is 1. The molecule has 1 heterocycles. The first-order valence-corrected chi connectivity index (χ1v) is 7.75. The number of hydrogen-bond acceptors (Lipinski definition) is 4. The predicted octanol–water partition coefficient (Wildman–Crippen LogP) is 3.05. The number of thiocarbonyl (C=S) groups is 1. The molecule has 0 saturated heterocycles. The maximum absolute atomic E-state index is 5.58. The van der Waals surface area contributed by atoms with Crippen molar-refractivity contribution >= 4 is 34.7 Å². The Labute approximate surface area is 119 Å². The molecular formula is C13H21N3S2. The summed E-state index contributed by atoms with van der Waals surface area (Å²) in [6, 6.07) is 3.84. The Hall–Kier alpha value is -0.810. The van der Waals surface area contributed by atoms with E-state index in [1.165, 1.54) is 0 Å². The standard InChI is InChI=1S/C13H21N3S2/c1-4-13(5-2,18-3)9-16-10-6-7-15-11(8-10)12(14)17/h6-8H,4-5,9H2,1-3H3,(H2,14,17)(H,15,16). The molecule has 0 aliphatic rings. The molecule has 0 fully saturated rings. The molecule has 0 aliphatic carbocycles. The van der Waals surface area contributed by atoms with Crippen molar-refractivity contribution in [3.05, 3.63) is 24.0 Å². The molecule has 0 atom stereocenters. The Kier molecular flexibility index (Phi) is 5.88. The van der Waals surface area contributed by atoms with Gasteiger partial charge in [0.05, 0.1) is 5.69 Å². The van der Waals surface area contributed by atoms with Crippen LogP contribution in [0.15, 0.2) is 18.3 Å². The first-order valence-electron chi connectivity index (χ1n) is 6.11. The van der Waals surface area contributed by atoms with Crippen molar-refractivity contribution in [1.82, 2.24) is 4.98 Å². The number of nitrogens with zero attached hydrogens (tertiary/aromatic N) is 1. The highest BCUT2D eigenvalue weighted by molar-refractivity contribution is 8.00. The van der Waals surface area contributed by atoms with Gasteiger partial charge in [0.15, 0.2) is 0 Å². The van der Waals surface area contributed by atoms with Crippen LogP contribution < -0.4 is 11.1 Å². The fraction of sp³-hybridized carbons (Fsp3) is 0.538. The van der Waals surface area contributed by atoms with Gasteiger partial charge in [0, 0.05) is 23.2 Å². The Morgan fingerprint density at radius 3 is 2.67 bits per heavy atom. The number of anilines is 1. The molecule has 3 nitrogen and oxygen atoms in total. The fourth-order valence-electron chi connectivity index (χ4n) is 1.80. The monoisotopic (exact) mass is 283 g/mol. The van der Waals surface area contributed by atoms with Crippen LogP contribution in [-0.4, -0.2) is 27.5 Å². The van der Waals surface area contributed by atoms with Gasteiger partial charge in [0.2, 0.25) is 0 Å². The van der Waals surface area contributed by atoms with Crippen LogP contribution in [0.2, 0.25) is 0 Å². The van der Waals surface area contributed by atoms with E-state index in [-0.39, 0.29) is 4.75 Å². The van der Waals surface area contributed by atoms with Gasteiger partial charge in [-0.3, -0.25) is 4.98 Å². The average Bonchev–Trinajstić information content (AvgIpc) is 2.41. The molecule has 1 rings (SSSR count). The summed E-state index contributed by atoms with van der Waals surface area (Å²) < 4.78 is 0.284. The summed E-state index contributed by atoms with van der Waals surface area (Å²) in [4.78, 5) is 4.47. The molecule has 1 aromatic heterocycles. The molecule has 0 amide bonds. The molecule has 0 saturated carbocycles. The predicted molar refractivity (Wildman–Crippen MR) is 85.4 cm³/mol. The van der Waals surface area contributed by atoms with E-state index < -0.39 is 0 Å². The van der Waals surface area contributed by atoms with E-state index in [2.05, 4.69) is 30.4 Å². The van der Waals surface area contributed by atoms with Crippen LogP contribution in [0.3, 0.4) is 0 Å². The SMILES string of the molecule is CCC(CC)(CNc1ccnc(C(N)=S)c1)SC. The van der Waals surface area contributed by atoms with Crippen LogP contribution in [-0.2, 0) is 0 Å². The van der Waals surface area contributed by atoms with Crippen LogP contribution in [0, 0.1) is 0 Å². The van der Waals surface area contributed by atoms with Crippen LogP contribution >= 0.6 is 24.0 Å². The van der Waals surface area contributed by atoms with Crippen LogP contribution in [0.25, 0.3) is 0 Å². The molecule has 0 bridgehead atoms. The van der Waals surface area contributed by atoms with Gasteiger partial charge in [0.1, 0.15) is 4.99 Å². The molecule has 100 valence electrons. The normalized spacial score (nSPS) is 11.3. The highest BCUT2D eigenvalue weighted by Crippen LogP contribution is 2.30. The number of hydrogen-bond donors (Lipinski definition) is 2. The van der Waals surface area contributed by atoms with E-state index in [1.54, 1.807) is 6.20 Å². The third-order valence-corrected chi connectivity index (χ3v) is 5.15. The lowest BCUT2D eigenvalue weighted by Crippen LogP contribution is -2.32. The van der Waals surface area contributed by atoms with E-state index in [0.29, 0.717) is 10.7 Å². The summed E-state index contributed by atoms with van der Waals surface area (Å²) in [6.45, 7) is 5.39. The second-order valence-corrected chi connectivity index (χ2v) is 5.96. The fourth-order valence-corrected chi connectivity index (χ4v) is 2.70.